The van der Waals surface area contributed by atoms with Gasteiger partial charge >= 0.3 is 13.0 Å². The summed E-state index contributed by atoms with van der Waals surface area (Å²) in [5.41, 5.74) is -1.23. The number of rotatable bonds is 17. The molecule has 0 bridgehead atoms. The maximum Gasteiger partial charge on any atom is 0.501 e. The fraction of sp³-hybridized carbons (Fsp3) is 0.358. The summed E-state index contributed by atoms with van der Waals surface area (Å²) in [5, 5.41) is 3.44. The maximum absolute atomic E-state index is 15.8. The number of sulfone groups is 2. The van der Waals surface area contributed by atoms with Crippen molar-refractivity contribution in [1.82, 2.24) is 9.47 Å². The second-order valence-corrected chi connectivity index (χ2v) is 26.8. The Morgan fingerprint density at radius 3 is 2.05 bits per heavy atom. The number of hydrogen-bond donors (Lipinski definition) is 1. The molecule has 0 saturated carbocycles. The number of benzene rings is 5. The van der Waals surface area contributed by atoms with Gasteiger partial charge in [0.25, 0.3) is 9.84 Å². The summed E-state index contributed by atoms with van der Waals surface area (Å²) in [6.45, 7) is 8.59. The standard InChI is InChI=1S/C53H60ClF4N6O6PS3/c1-36(2)64-37(3)52(73(6,66)67)50(51(64)38-13-15-40(54)16-14-38)39-31-41(55)33-45(32-39)62-28-26-61(27-29-62)43-17-19-44(20-18-43)63-24-10-30-70-71(63,65)46-21-22-48(49(34-46)74(68,69)53(56,57)58)59-42(23-25-60(4)5)35-72-47-11-8-7-9-12-47/h7-9,11-22,31-34,36,42,59H,10,23-30,35H2,1-6H3/t42-,71+/m1/s1. The van der Waals surface area contributed by atoms with Gasteiger partial charge in [-0.1, -0.05) is 41.9 Å². The highest BCUT2D eigenvalue weighted by Gasteiger charge is 2.49. The Hall–Kier alpha value is -5.01. The molecule has 2 atom stereocenters. The van der Waals surface area contributed by atoms with Gasteiger partial charge in [0.2, 0.25) is 0 Å². The number of nitrogens with one attached hydrogen (secondary N) is 1. The molecule has 0 unspecified atom stereocenters. The van der Waals surface area contributed by atoms with Gasteiger partial charge in [-0.05, 0) is 150 Å². The van der Waals surface area contributed by atoms with Gasteiger partial charge in [-0.15, -0.1) is 11.8 Å². The molecule has 2 aliphatic rings. The van der Waals surface area contributed by atoms with Crippen LogP contribution in [-0.4, -0.2) is 110 Å². The molecule has 0 spiro atoms. The molecular formula is C53H60ClF4N6O6PS3. The number of anilines is 4. The Kier molecular flexibility index (Phi) is 16.6. The van der Waals surface area contributed by atoms with Gasteiger partial charge in [-0.2, -0.15) is 13.2 Å². The average molecular weight is 1120 g/mol. The van der Waals surface area contributed by atoms with Crippen molar-refractivity contribution in [2.45, 2.75) is 65.9 Å². The van der Waals surface area contributed by atoms with E-state index in [1.165, 1.54) is 47.0 Å². The van der Waals surface area contributed by atoms with E-state index in [-0.39, 0.29) is 35.1 Å². The molecule has 0 aliphatic carbocycles. The van der Waals surface area contributed by atoms with Crippen molar-refractivity contribution in [2.75, 3.05) is 91.8 Å². The van der Waals surface area contributed by atoms with Crippen LogP contribution in [0.5, 0.6) is 0 Å². The van der Waals surface area contributed by atoms with Gasteiger partial charge in [-0.3, -0.25) is 9.24 Å². The van der Waals surface area contributed by atoms with Crippen LogP contribution in [0.3, 0.4) is 0 Å². The van der Waals surface area contributed by atoms with Crippen LogP contribution < -0.4 is 25.1 Å². The molecule has 12 nitrogen and oxygen atoms in total. The van der Waals surface area contributed by atoms with Gasteiger partial charge in [0.15, 0.2) is 9.84 Å². The Labute approximate surface area is 441 Å². The lowest BCUT2D eigenvalue weighted by atomic mass is 9.99. The van der Waals surface area contributed by atoms with Crippen molar-refractivity contribution >= 4 is 78.6 Å². The van der Waals surface area contributed by atoms with Gasteiger partial charge < -0.3 is 29.1 Å². The molecule has 0 amide bonds. The molecule has 21 heteroatoms. The number of piperazine rings is 1. The Morgan fingerprint density at radius 2 is 1.45 bits per heavy atom. The summed E-state index contributed by atoms with van der Waals surface area (Å²) in [6.07, 6.45) is 2.11. The number of nitrogens with zero attached hydrogens (tertiary/aromatic N) is 5. The van der Waals surface area contributed by atoms with Crippen LogP contribution in [0.25, 0.3) is 22.4 Å². The van der Waals surface area contributed by atoms with Crippen molar-refractivity contribution in [2.24, 2.45) is 0 Å². The predicted octanol–water partition coefficient (Wildman–Crippen LogP) is 11.8. The zero-order valence-electron chi connectivity index (χ0n) is 41.9. The average Bonchev–Trinajstić information content (AvgIpc) is 3.69. The van der Waals surface area contributed by atoms with E-state index in [1.807, 2.05) is 98.1 Å². The zero-order chi connectivity index (χ0) is 53.3. The first kappa shape index (κ1) is 55.2. The maximum atomic E-state index is 15.8. The minimum Gasteiger partial charge on any atom is -0.380 e. The van der Waals surface area contributed by atoms with Crippen LogP contribution >= 0.6 is 30.9 Å². The van der Waals surface area contributed by atoms with Crippen molar-refractivity contribution in [3.05, 3.63) is 132 Å². The van der Waals surface area contributed by atoms with E-state index in [0.717, 1.165) is 22.2 Å². The van der Waals surface area contributed by atoms with E-state index < -0.39 is 49.5 Å². The van der Waals surface area contributed by atoms with E-state index >= 15 is 8.96 Å². The largest absolute Gasteiger partial charge is 0.501 e. The number of hydrogen-bond acceptors (Lipinski definition) is 11. The summed E-state index contributed by atoms with van der Waals surface area (Å²) in [4.78, 5) is 6.18. The highest BCUT2D eigenvalue weighted by molar-refractivity contribution is 7.99. The van der Waals surface area contributed by atoms with Crippen LogP contribution in [0.1, 0.15) is 38.4 Å². The van der Waals surface area contributed by atoms with E-state index in [1.54, 1.807) is 31.2 Å². The SMILES string of the molecule is Cc1c(S(C)(=O)=O)c(-c2cc(F)cc(N3CCN(c4ccc(N5CCCO[P@@]5(=O)c5ccc(N[C@H](CCN(C)C)CSc6ccccc6)c(S(=O)(=O)C(F)(F)F)c5)cc4)CC3)c2)c(-c2ccc(Cl)cc2)n1C(C)C. The second-order valence-electron chi connectivity index (χ2n) is 19.1. The fourth-order valence-corrected chi connectivity index (χ4v) is 15.4. The third-order valence-electron chi connectivity index (χ3n) is 13.2. The third-order valence-corrected chi connectivity index (χ3v) is 19.9. The van der Waals surface area contributed by atoms with Crippen LogP contribution in [0.15, 0.2) is 130 Å². The van der Waals surface area contributed by atoms with Crippen LogP contribution in [0.2, 0.25) is 5.02 Å². The Morgan fingerprint density at radius 1 is 0.811 bits per heavy atom. The van der Waals surface area contributed by atoms with E-state index in [0.29, 0.717) is 90.2 Å². The van der Waals surface area contributed by atoms with Gasteiger partial charge in [0, 0.05) is 95.1 Å². The zero-order valence-corrected chi connectivity index (χ0v) is 46.0. The van der Waals surface area contributed by atoms with Gasteiger partial charge in [0.1, 0.15) is 10.7 Å². The molecule has 5 aromatic carbocycles. The van der Waals surface area contributed by atoms with E-state index in [2.05, 4.69) is 15.1 Å². The molecule has 2 fully saturated rings. The highest BCUT2D eigenvalue weighted by atomic mass is 35.5. The monoisotopic (exact) mass is 1110 g/mol. The summed E-state index contributed by atoms with van der Waals surface area (Å²) >= 11 is 7.76. The third kappa shape index (κ3) is 11.8. The Balaban J connectivity index is 1.03. The Bertz CT molecular complexity index is 3250. The van der Waals surface area contributed by atoms with Gasteiger partial charge in [-0.25, -0.2) is 21.2 Å². The molecule has 8 rings (SSSR count). The lowest BCUT2D eigenvalue weighted by Gasteiger charge is -2.39. The smallest absolute Gasteiger partial charge is 0.380 e. The van der Waals surface area contributed by atoms with Crippen LogP contribution in [0.4, 0.5) is 40.3 Å². The van der Waals surface area contributed by atoms with Crippen LogP contribution in [-0.2, 0) is 28.8 Å². The van der Waals surface area contributed by atoms with Crippen molar-refractivity contribution in [3.8, 4) is 22.4 Å². The van der Waals surface area contributed by atoms with E-state index in [9.17, 15) is 30.0 Å². The first-order valence-corrected chi connectivity index (χ1v) is 30.5. The molecule has 2 aliphatic heterocycles. The minimum atomic E-state index is -5.93. The first-order chi connectivity index (χ1) is 35.0. The van der Waals surface area contributed by atoms with Gasteiger partial charge in [0.05, 0.1) is 28.2 Å². The number of halogens is 5. The topological polar surface area (TPSA) is 124 Å². The summed E-state index contributed by atoms with van der Waals surface area (Å²) in [6, 6.07) is 31.4. The second kappa shape index (κ2) is 22.3. The molecule has 74 heavy (non-hydrogen) atoms. The number of aromatic nitrogens is 1. The lowest BCUT2D eigenvalue weighted by molar-refractivity contribution is -0.0435. The summed E-state index contributed by atoms with van der Waals surface area (Å²) in [7, 11) is -10.1. The summed E-state index contributed by atoms with van der Waals surface area (Å²) < 4.78 is 137. The number of alkyl halides is 3. The van der Waals surface area contributed by atoms with Crippen molar-refractivity contribution < 1.29 is 43.5 Å². The first-order valence-electron chi connectivity index (χ1n) is 24.2. The molecule has 1 N–H and O–H groups in total. The predicted molar refractivity (Wildman–Crippen MR) is 292 cm³/mol. The minimum absolute atomic E-state index is 0.0420. The highest BCUT2D eigenvalue weighted by Crippen LogP contribution is 2.55. The molecule has 1 aromatic heterocycles. The van der Waals surface area contributed by atoms with Crippen LogP contribution in [0, 0.1) is 12.7 Å². The van der Waals surface area contributed by atoms with E-state index in [4.69, 9.17) is 16.1 Å². The molecule has 0 radical (unpaired) electrons. The fourth-order valence-electron chi connectivity index (χ4n) is 9.70. The molecule has 396 valence electrons. The summed E-state index contributed by atoms with van der Waals surface area (Å²) in [5.74, 6) is -0.0913. The van der Waals surface area contributed by atoms with Crippen molar-refractivity contribution in [1.29, 1.82) is 0 Å². The van der Waals surface area contributed by atoms with Crippen molar-refractivity contribution in [3.63, 3.8) is 0 Å². The normalized spacial score (nSPS) is 17.3. The lowest BCUT2D eigenvalue weighted by Crippen LogP contribution is -2.46. The number of thioether (sulfide) groups is 1. The molecule has 6 aromatic rings. The molecule has 3 heterocycles. The quantitative estimate of drug-likeness (QED) is 0.0531. The molecule has 2 saturated heterocycles. The molecular weight excluding hydrogens is 1060 g/mol.